The predicted molar refractivity (Wildman–Crippen MR) is 35.5 cm³/mol. The molecule has 0 radical (unpaired) electrons. The molecule has 7 heavy (non-hydrogen) atoms. The van der Waals surface area contributed by atoms with E-state index >= 15 is 0 Å². The van der Waals surface area contributed by atoms with Gasteiger partial charge >= 0.3 is 49.7 Å². The molecule has 0 saturated heterocycles. The van der Waals surface area contributed by atoms with Gasteiger partial charge in [0.05, 0.1) is 0 Å². The van der Waals surface area contributed by atoms with Crippen LogP contribution < -0.4 is 0 Å². The van der Waals surface area contributed by atoms with Crippen molar-refractivity contribution in [3.05, 3.63) is 0 Å². The van der Waals surface area contributed by atoms with Gasteiger partial charge in [-0.1, -0.05) is 29.8 Å². The van der Waals surface area contributed by atoms with Gasteiger partial charge in [-0.3, -0.25) is 0 Å². The molecule has 1 atom stereocenters. The Morgan fingerprint density at radius 1 is 1.71 bits per heavy atom. The Balaban J connectivity index is 0. The number of hydrogen-bond donors (Lipinski definition) is 0. The quantitative estimate of drug-likeness (QED) is 0.444. The zero-order valence-corrected chi connectivity index (χ0v) is 9.75. The number of hydrogen-bond acceptors (Lipinski definition) is 0. The molecule has 40 valence electrons. The van der Waals surface area contributed by atoms with E-state index in [1.54, 1.807) is 0 Å². The summed E-state index contributed by atoms with van der Waals surface area (Å²) < 4.78 is 9.69. The Kier molecular flexibility index (Phi) is 18.4. The van der Waals surface area contributed by atoms with Crippen LogP contribution in [-0.2, 0) is 0 Å². The summed E-state index contributed by atoms with van der Waals surface area (Å²) in [6.07, 6.45) is 1.22. The van der Waals surface area contributed by atoms with Crippen molar-refractivity contribution in [2.75, 3.05) is 0 Å². The molecule has 3 heteroatoms. The van der Waals surface area contributed by atoms with Crippen LogP contribution >= 0.6 is 15.9 Å². The first-order valence-corrected chi connectivity index (χ1v) is 4.38. The molecule has 0 aromatic rings. The summed E-state index contributed by atoms with van der Waals surface area (Å²) in [5.74, 6) is 0. The van der Waals surface area contributed by atoms with Crippen molar-refractivity contribution in [3.63, 3.8) is 0 Å². The molecule has 0 aromatic carbocycles. The van der Waals surface area contributed by atoms with Crippen LogP contribution in [0.3, 0.4) is 0 Å². The van der Waals surface area contributed by atoms with Crippen molar-refractivity contribution in [3.8, 4) is 0 Å². The van der Waals surface area contributed by atoms with Gasteiger partial charge in [0.2, 0.25) is 0 Å². The van der Waals surface area contributed by atoms with E-state index in [4.69, 9.17) is 0 Å². The Morgan fingerprint density at radius 2 is 1.86 bits per heavy atom. The first-order chi connectivity index (χ1) is 3.27. The van der Waals surface area contributed by atoms with E-state index in [0.29, 0.717) is 4.83 Å². The molecule has 0 aliphatic carbocycles. The average molecular weight is 195 g/mol. The van der Waals surface area contributed by atoms with Gasteiger partial charge in [0.1, 0.15) is 0 Å². The summed E-state index contributed by atoms with van der Waals surface area (Å²) in [7, 11) is 0. The van der Waals surface area contributed by atoms with Gasteiger partial charge < -0.3 is 0 Å². The maximum absolute atomic E-state index is 9.69. The summed E-state index contributed by atoms with van der Waals surface area (Å²) in [5, 5.41) is 0. The molecule has 0 heterocycles. The molecule has 0 amide bonds. The molecule has 0 bridgehead atoms. The fourth-order valence-electron chi connectivity index (χ4n) is 0. The summed E-state index contributed by atoms with van der Waals surface area (Å²) in [6.45, 7) is 4.29. The van der Waals surface area contributed by atoms with Crippen molar-refractivity contribution in [1.29, 1.82) is 0 Å². The molecule has 0 saturated carbocycles. The van der Waals surface area contributed by atoms with Gasteiger partial charge in [0, 0.05) is 4.83 Å². The second kappa shape index (κ2) is 10.9. The van der Waals surface area contributed by atoms with Crippen molar-refractivity contribution < 1.29 is -0.211 Å². The van der Waals surface area contributed by atoms with E-state index in [-0.39, 0.29) is 0 Å². The summed E-state index contributed by atoms with van der Waals surface area (Å²) in [5.41, 5.74) is 0. The van der Waals surface area contributed by atoms with Crippen LogP contribution in [0.1, 0.15) is 20.3 Å². The van der Waals surface area contributed by atoms with Crippen LogP contribution in [0.5, 0.6) is 0 Å². The molecular weight excluding hydrogens is 186 g/mol. The first kappa shape index (κ1) is 11.8. The second-order valence-corrected chi connectivity index (χ2v) is 2.75. The van der Waals surface area contributed by atoms with Crippen LogP contribution in [0.15, 0.2) is 0 Å². The first-order valence-electron chi connectivity index (χ1n) is 2.29. The SMILES string of the molecule is CCC(C)Br.[F][K]. The third kappa shape index (κ3) is 18.0. The van der Waals surface area contributed by atoms with E-state index in [2.05, 4.69) is 29.8 Å². The molecule has 0 fully saturated rings. The number of rotatable bonds is 1. The van der Waals surface area contributed by atoms with Crippen LogP contribution in [0, 0.1) is 0 Å². The van der Waals surface area contributed by atoms with Gasteiger partial charge in [0.15, 0.2) is 0 Å². The summed E-state index contributed by atoms with van der Waals surface area (Å²) in [6, 6.07) is 0. The van der Waals surface area contributed by atoms with Gasteiger partial charge in [-0.2, -0.15) is 0 Å². The van der Waals surface area contributed by atoms with Crippen LogP contribution in [0.25, 0.3) is 0 Å². The Morgan fingerprint density at radius 3 is 1.86 bits per heavy atom. The average Bonchev–Trinajstić information content (AvgIpc) is 1.73. The van der Waals surface area contributed by atoms with E-state index in [1.807, 2.05) is 0 Å². The minimum atomic E-state index is -0.438. The molecule has 0 aliphatic heterocycles. The van der Waals surface area contributed by atoms with E-state index < -0.39 is 49.9 Å². The van der Waals surface area contributed by atoms with Crippen molar-refractivity contribution >= 4 is 65.8 Å². The molecule has 1 unspecified atom stereocenters. The van der Waals surface area contributed by atoms with Crippen molar-refractivity contribution in [2.24, 2.45) is 0 Å². The third-order valence-corrected chi connectivity index (χ3v) is 1.21. The van der Waals surface area contributed by atoms with E-state index in [9.17, 15) is -0.211 Å². The van der Waals surface area contributed by atoms with E-state index in [0.717, 1.165) is 0 Å². The van der Waals surface area contributed by atoms with Crippen molar-refractivity contribution in [2.45, 2.75) is 25.1 Å². The molecule has 0 N–H and O–H groups in total. The second-order valence-electron chi connectivity index (χ2n) is 1.19. The van der Waals surface area contributed by atoms with Crippen LogP contribution in [0.4, 0.5) is -0.211 Å². The van der Waals surface area contributed by atoms with Crippen molar-refractivity contribution in [1.82, 2.24) is 0 Å². The normalized spacial score (nSPS) is 11.7. The summed E-state index contributed by atoms with van der Waals surface area (Å²) in [4.78, 5) is 0.697. The third-order valence-electron chi connectivity index (χ3n) is 0.563. The van der Waals surface area contributed by atoms with E-state index in [1.165, 1.54) is 6.42 Å². The molecule has 0 aliphatic rings. The molecule has 0 aromatic heterocycles. The Hall–Kier alpha value is 2.05. The molecule has 0 nitrogen and oxygen atoms in total. The molecular formula is C4H9BrFK. The standard InChI is InChI=1S/C4H9Br.FH.K/c1-3-4(2)5;;/h4H,3H2,1-2H3;1H;/q;;+1/p-1. The maximum atomic E-state index is 9.69. The number of alkyl halides is 1. The van der Waals surface area contributed by atoms with Crippen LogP contribution in [-0.4, -0.2) is 54.7 Å². The Bertz CT molecular complexity index is 25.7. The Labute approximate surface area is 89.0 Å². The van der Waals surface area contributed by atoms with Gasteiger partial charge in [-0.05, 0) is 6.42 Å². The monoisotopic (exact) mass is 194 g/mol. The summed E-state index contributed by atoms with van der Waals surface area (Å²) >= 11 is 2.94. The van der Waals surface area contributed by atoms with Crippen LogP contribution in [0.2, 0.25) is 0 Å². The predicted octanol–water partition coefficient (Wildman–Crippen LogP) is 2.22. The topological polar surface area (TPSA) is 0 Å². The van der Waals surface area contributed by atoms with Gasteiger partial charge in [-0.15, -0.1) is 0 Å². The van der Waals surface area contributed by atoms with Gasteiger partial charge in [0.25, 0.3) is 0 Å². The molecule has 0 rings (SSSR count). The fraction of sp³-hybridized carbons (Fsp3) is 1.00. The van der Waals surface area contributed by atoms with Gasteiger partial charge in [-0.25, -0.2) is 0 Å². The molecule has 0 spiro atoms. The minimum absolute atomic E-state index is 0.438. The fourth-order valence-corrected chi connectivity index (χ4v) is 0. The zero-order valence-electron chi connectivity index (χ0n) is 5.04. The zero-order chi connectivity index (χ0) is 6.28. The number of halogens is 2.